The maximum atomic E-state index is 5.34. The van der Waals surface area contributed by atoms with Gasteiger partial charge in [0.25, 0.3) is 0 Å². The second-order valence-electron chi connectivity index (χ2n) is 4.34. The van der Waals surface area contributed by atoms with Crippen LogP contribution >= 0.6 is 0 Å². The minimum atomic E-state index is 0.370. The zero-order valence-corrected chi connectivity index (χ0v) is 10.2. The fraction of sp³-hybridized carbons (Fsp3) is 0.538. The summed E-state index contributed by atoms with van der Waals surface area (Å²) in [5, 5.41) is 0. The maximum absolute atomic E-state index is 5.34. The normalized spacial score (nSPS) is 20.7. The molecule has 1 atom stereocenters. The van der Waals surface area contributed by atoms with Crippen molar-refractivity contribution in [1.82, 2.24) is 9.97 Å². The van der Waals surface area contributed by atoms with Gasteiger partial charge in [-0.3, -0.25) is 0 Å². The number of methoxy groups -OCH3 is 1. The zero-order chi connectivity index (χ0) is 11.5. The molecule has 16 heavy (non-hydrogen) atoms. The van der Waals surface area contributed by atoms with Crippen molar-refractivity contribution < 1.29 is 4.74 Å². The summed E-state index contributed by atoms with van der Waals surface area (Å²) in [7, 11) is 1.77. The maximum Gasteiger partial charge on any atom is 0.155 e. The van der Waals surface area contributed by atoms with Crippen molar-refractivity contribution in [3.8, 4) is 0 Å². The predicted molar refractivity (Wildman–Crippen MR) is 64.1 cm³/mol. The third-order valence-corrected chi connectivity index (χ3v) is 2.97. The largest absolute Gasteiger partial charge is 0.381 e. The molecule has 1 heterocycles. The topological polar surface area (TPSA) is 35.0 Å². The predicted octanol–water partition coefficient (Wildman–Crippen LogP) is 2.68. The summed E-state index contributed by atoms with van der Waals surface area (Å²) in [6, 6.07) is 2.00. The van der Waals surface area contributed by atoms with Crippen molar-refractivity contribution >= 4 is 5.57 Å². The first-order chi connectivity index (χ1) is 7.69. The minimum Gasteiger partial charge on any atom is -0.381 e. The second-order valence-corrected chi connectivity index (χ2v) is 4.34. The van der Waals surface area contributed by atoms with Crippen LogP contribution in [0.2, 0.25) is 0 Å². The molecule has 1 aliphatic rings. The molecular weight excluding hydrogens is 200 g/mol. The van der Waals surface area contributed by atoms with Crippen LogP contribution in [0, 0.1) is 13.8 Å². The lowest BCUT2D eigenvalue weighted by molar-refractivity contribution is 0.0963. The Balaban J connectivity index is 2.22. The molecule has 1 aromatic heterocycles. The van der Waals surface area contributed by atoms with Crippen LogP contribution in [-0.2, 0) is 4.74 Å². The molecule has 1 aliphatic carbocycles. The molecule has 0 amide bonds. The lowest BCUT2D eigenvalue weighted by Crippen LogP contribution is -2.14. The Morgan fingerprint density at radius 2 is 1.94 bits per heavy atom. The molecule has 0 saturated heterocycles. The molecule has 0 saturated carbocycles. The van der Waals surface area contributed by atoms with Crippen LogP contribution in [0.4, 0.5) is 0 Å². The molecule has 0 radical (unpaired) electrons. The van der Waals surface area contributed by atoms with E-state index in [0.29, 0.717) is 6.10 Å². The number of allylic oxidation sites excluding steroid dienone is 1. The number of hydrogen-bond donors (Lipinski definition) is 0. The number of ether oxygens (including phenoxy) is 1. The first-order valence-electron chi connectivity index (χ1n) is 5.73. The molecule has 0 N–H and O–H groups in total. The van der Waals surface area contributed by atoms with Crippen LogP contribution in [-0.4, -0.2) is 23.2 Å². The Labute approximate surface area is 96.6 Å². The first kappa shape index (κ1) is 11.3. The molecule has 2 rings (SSSR count). The van der Waals surface area contributed by atoms with E-state index in [1.807, 2.05) is 19.9 Å². The lowest BCUT2D eigenvalue weighted by Gasteiger charge is -2.20. The Morgan fingerprint density at radius 3 is 2.44 bits per heavy atom. The third kappa shape index (κ3) is 2.47. The van der Waals surface area contributed by atoms with Gasteiger partial charge in [-0.05, 0) is 44.7 Å². The van der Waals surface area contributed by atoms with Gasteiger partial charge < -0.3 is 4.74 Å². The van der Waals surface area contributed by atoms with E-state index in [2.05, 4.69) is 16.0 Å². The highest BCUT2D eigenvalue weighted by Gasteiger charge is 2.16. The summed E-state index contributed by atoms with van der Waals surface area (Å²) in [4.78, 5) is 8.98. The van der Waals surface area contributed by atoms with E-state index in [1.54, 1.807) is 7.11 Å². The number of rotatable bonds is 2. The summed E-state index contributed by atoms with van der Waals surface area (Å²) in [5.41, 5.74) is 3.34. The molecule has 3 nitrogen and oxygen atoms in total. The Kier molecular flexibility index (Phi) is 3.34. The van der Waals surface area contributed by atoms with E-state index in [1.165, 1.54) is 5.57 Å². The average molecular weight is 218 g/mol. The van der Waals surface area contributed by atoms with Crippen LogP contribution in [0.1, 0.15) is 36.5 Å². The van der Waals surface area contributed by atoms with Gasteiger partial charge in [0.2, 0.25) is 0 Å². The number of nitrogens with zero attached hydrogens (tertiary/aromatic N) is 2. The number of hydrogen-bond acceptors (Lipinski definition) is 3. The van der Waals surface area contributed by atoms with Gasteiger partial charge in [0.1, 0.15) is 0 Å². The number of aryl methyl sites for hydroxylation is 2. The highest BCUT2D eigenvalue weighted by Crippen LogP contribution is 2.26. The van der Waals surface area contributed by atoms with E-state index < -0.39 is 0 Å². The smallest absolute Gasteiger partial charge is 0.155 e. The van der Waals surface area contributed by atoms with Crippen molar-refractivity contribution in [2.45, 2.75) is 39.2 Å². The first-order valence-corrected chi connectivity index (χ1v) is 5.73. The summed E-state index contributed by atoms with van der Waals surface area (Å²) < 4.78 is 5.34. The number of aromatic nitrogens is 2. The second kappa shape index (κ2) is 4.74. The molecular formula is C13H18N2O. The molecule has 86 valence electrons. The molecule has 0 aromatic carbocycles. The van der Waals surface area contributed by atoms with E-state index in [9.17, 15) is 0 Å². The van der Waals surface area contributed by atoms with Gasteiger partial charge in [-0.2, -0.15) is 0 Å². The van der Waals surface area contributed by atoms with Crippen LogP contribution in [0.3, 0.4) is 0 Å². The standard InChI is InChI=1S/C13H18N2O/c1-9-8-10(2)15-13(14-9)11-4-6-12(16-3)7-5-11/h4,8,12H,5-7H2,1-3H3. The average Bonchev–Trinajstić information content (AvgIpc) is 2.28. The minimum absolute atomic E-state index is 0.370. The van der Waals surface area contributed by atoms with Crippen molar-refractivity contribution in [2.75, 3.05) is 7.11 Å². The van der Waals surface area contributed by atoms with E-state index in [4.69, 9.17) is 4.74 Å². The summed E-state index contributed by atoms with van der Waals surface area (Å²) in [6.07, 6.45) is 5.64. The van der Waals surface area contributed by atoms with Gasteiger partial charge in [-0.25, -0.2) is 9.97 Å². The van der Waals surface area contributed by atoms with E-state index in [-0.39, 0.29) is 0 Å². The Hall–Kier alpha value is -1.22. The van der Waals surface area contributed by atoms with Gasteiger partial charge in [-0.1, -0.05) is 6.08 Å². The molecule has 0 spiro atoms. The summed E-state index contributed by atoms with van der Waals surface area (Å²) in [5.74, 6) is 0.895. The van der Waals surface area contributed by atoms with Crippen LogP contribution in [0.25, 0.3) is 5.57 Å². The van der Waals surface area contributed by atoms with Crippen molar-refractivity contribution in [1.29, 1.82) is 0 Å². The van der Waals surface area contributed by atoms with E-state index >= 15 is 0 Å². The molecule has 0 fully saturated rings. The Morgan fingerprint density at radius 1 is 1.25 bits per heavy atom. The SMILES string of the molecule is COC1CC=C(c2nc(C)cc(C)n2)CC1. The summed E-state index contributed by atoms with van der Waals surface area (Å²) >= 11 is 0. The van der Waals surface area contributed by atoms with Crippen molar-refractivity contribution in [3.05, 3.63) is 29.4 Å². The third-order valence-electron chi connectivity index (χ3n) is 2.97. The molecule has 1 aromatic rings. The Bertz CT molecular complexity index is 392. The van der Waals surface area contributed by atoms with Crippen LogP contribution < -0.4 is 0 Å². The fourth-order valence-corrected chi connectivity index (χ4v) is 2.10. The monoisotopic (exact) mass is 218 g/mol. The quantitative estimate of drug-likeness (QED) is 0.765. The molecule has 0 aliphatic heterocycles. The van der Waals surface area contributed by atoms with E-state index in [0.717, 1.165) is 36.5 Å². The summed E-state index contributed by atoms with van der Waals surface area (Å²) in [6.45, 7) is 4.03. The highest BCUT2D eigenvalue weighted by atomic mass is 16.5. The van der Waals surface area contributed by atoms with Crippen LogP contribution in [0.15, 0.2) is 12.1 Å². The van der Waals surface area contributed by atoms with Gasteiger partial charge >= 0.3 is 0 Å². The zero-order valence-electron chi connectivity index (χ0n) is 10.2. The van der Waals surface area contributed by atoms with Gasteiger partial charge in [0.15, 0.2) is 5.82 Å². The molecule has 0 bridgehead atoms. The molecule has 3 heteroatoms. The highest BCUT2D eigenvalue weighted by molar-refractivity contribution is 5.60. The van der Waals surface area contributed by atoms with Crippen molar-refractivity contribution in [3.63, 3.8) is 0 Å². The lowest BCUT2D eigenvalue weighted by atomic mass is 9.96. The van der Waals surface area contributed by atoms with Gasteiger partial charge in [-0.15, -0.1) is 0 Å². The molecule has 1 unspecified atom stereocenters. The fourth-order valence-electron chi connectivity index (χ4n) is 2.10. The van der Waals surface area contributed by atoms with Gasteiger partial charge in [0, 0.05) is 18.5 Å². The van der Waals surface area contributed by atoms with Crippen molar-refractivity contribution in [2.24, 2.45) is 0 Å². The van der Waals surface area contributed by atoms with Gasteiger partial charge in [0.05, 0.1) is 6.10 Å². The van der Waals surface area contributed by atoms with Crippen LogP contribution in [0.5, 0.6) is 0 Å².